The zero-order chi connectivity index (χ0) is 24.8. The summed E-state index contributed by atoms with van der Waals surface area (Å²) in [7, 11) is 4.73. The van der Waals surface area contributed by atoms with Gasteiger partial charge in [0.05, 0.1) is 27.0 Å². The van der Waals surface area contributed by atoms with Gasteiger partial charge >= 0.3 is 0 Å². The molecule has 9 nitrogen and oxygen atoms in total. The molecule has 3 aromatic rings. The third-order valence-corrected chi connectivity index (χ3v) is 5.92. The zero-order valence-corrected chi connectivity index (χ0v) is 20.5. The van der Waals surface area contributed by atoms with Gasteiger partial charge in [-0.25, -0.2) is 0 Å². The quantitative estimate of drug-likeness (QED) is 0.488. The highest BCUT2D eigenvalue weighted by Crippen LogP contribution is 2.40. The van der Waals surface area contributed by atoms with Crippen molar-refractivity contribution >= 4 is 11.7 Å². The number of anilines is 1. The molecule has 9 heteroatoms. The summed E-state index contributed by atoms with van der Waals surface area (Å²) in [6.07, 6.45) is 0. The second kappa shape index (κ2) is 10.9. The van der Waals surface area contributed by atoms with E-state index in [1.54, 1.807) is 21.3 Å². The van der Waals surface area contributed by atoms with Gasteiger partial charge in [-0.1, -0.05) is 12.1 Å². The van der Waals surface area contributed by atoms with E-state index in [0.717, 1.165) is 16.9 Å². The maximum atomic E-state index is 12.6. The van der Waals surface area contributed by atoms with Crippen LogP contribution in [0, 0.1) is 6.92 Å². The Labute approximate surface area is 205 Å². The van der Waals surface area contributed by atoms with Crippen LogP contribution in [-0.4, -0.2) is 75.1 Å². The lowest BCUT2D eigenvalue weighted by Crippen LogP contribution is -2.50. The number of benzene rings is 2. The number of piperazine rings is 1. The summed E-state index contributed by atoms with van der Waals surface area (Å²) in [5.74, 6) is 3.10. The second-order valence-electron chi connectivity index (χ2n) is 8.16. The number of hydrogen-bond acceptors (Lipinski definition) is 8. The Bertz CT molecular complexity index is 1140. The van der Waals surface area contributed by atoms with Crippen LogP contribution in [0.2, 0.25) is 0 Å². The fraction of sp³-hybridized carbons (Fsp3) is 0.346. The Morgan fingerprint density at radius 3 is 2.17 bits per heavy atom. The van der Waals surface area contributed by atoms with E-state index in [-0.39, 0.29) is 12.5 Å². The average Bonchev–Trinajstić information content (AvgIpc) is 2.91. The first-order chi connectivity index (χ1) is 17.0. The Balaban J connectivity index is 1.36. The topological polar surface area (TPSA) is 86.3 Å². The molecule has 0 atom stereocenters. The monoisotopic (exact) mass is 478 g/mol. The second-order valence-corrected chi connectivity index (χ2v) is 8.16. The summed E-state index contributed by atoms with van der Waals surface area (Å²) < 4.78 is 21.9. The molecule has 1 aliphatic rings. The van der Waals surface area contributed by atoms with Crippen molar-refractivity contribution in [2.24, 2.45) is 0 Å². The lowest BCUT2D eigenvalue weighted by Gasteiger charge is -2.35. The molecule has 35 heavy (non-hydrogen) atoms. The zero-order valence-electron chi connectivity index (χ0n) is 20.5. The molecule has 1 saturated heterocycles. The Hall–Kier alpha value is -4.01. The number of carbonyl (C=O) groups is 1. The van der Waals surface area contributed by atoms with Gasteiger partial charge < -0.3 is 28.7 Å². The molecule has 0 bridgehead atoms. The molecule has 1 aromatic heterocycles. The lowest BCUT2D eigenvalue weighted by molar-refractivity contribution is -0.133. The molecule has 1 amide bonds. The van der Waals surface area contributed by atoms with Crippen LogP contribution in [0.5, 0.6) is 23.0 Å². The number of rotatable bonds is 8. The summed E-state index contributed by atoms with van der Waals surface area (Å²) in [6.45, 7) is 4.59. The number of aryl methyl sites for hydroxylation is 1. The molecule has 4 rings (SSSR count). The van der Waals surface area contributed by atoms with Crippen molar-refractivity contribution in [1.29, 1.82) is 0 Å². The minimum atomic E-state index is -0.0185. The van der Waals surface area contributed by atoms with Crippen molar-refractivity contribution in [1.82, 2.24) is 15.1 Å². The highest BCUT2D eigenvalue weighted by molar-refractivity contribution is 5.78. The van der Waals surface area contributed by atoms with E-state index in [1.165, 1.54) is 0 Å². The smallest absolute Gasteiger partial charge is 0.260 e. The molecule has 2 heterocycles. The molecule has 184 valence electrons. The minimum absolute atomic E-state index is 0.0185. The van der Waals surface area contributed by atoms with Crippen molar-refractivity contribution < 1.29 is 23.7 Å². The predicted octanol–water partition coefficient (Wildman–Crippen LogP) is 3.21. The van der Waals surface area contributed by atoms with Crippen LogP contribution in [0.3, 0.4) is 0 Å². The van der Waals surface area contributed by atoms with Crippen molar-refractivity contribution in [3.05, 3.63) is 54.1 Å². The van der Waals surface area contributed by atoms with E-state index >= 15 is 0 Å². The molecule has 1 aliphatic heterocycles. The van der Waals surface area contributed by atoms with E-state index in [0.29, 0.717) is 54.9 Å². The van der Waals surface area contributed by atoms with Gasteiger partial charge in [0.1, 0.15) is 5.75 Å². The van der Waals surface area contributed by atoms with Crippen LogP contribution in [0.1, 0.15) is 5.56 Å². The van der Waals surface area contributed by atoms with Crippen LogP contribution in [0.25, 0.3) is 11.3 Å². The SMILES string of the molecule is COc1cc(-c2ccc(N3CCN(C(=O)COc4cccc(C)c4)CC3)nn2)cc(OC)c1OC. The molecular weight excluding hydrogens is 448 g/mol. The maximum Gasteiger partial charge on any atom is 0.260 e. The van der Waals surface area contributed by atoms with Crippen LogP contribution < -0.4 is 23.8 Å². The fourth-order valence-corrected chi connectivity index (χ4v) is 4.00. The Morgan fingerprint density at radius 1 is 0.886 bits per heavy atom. The van der Waals surface area contributed by atoms with Gasteiger partial charge in [-0.2, -0.15) is 0 Å². The molecule has 0 radical (unpaired) electrons. The fourth-order valence-electron chi connectivity index (χ4n) is 4.00. The molecule has 0 unspecified atom stereocenters. The predicted molar refractivity (Wildman–Crippen MR) is 133 cm³/mol. The lowest BCUT2D eigenvalue weighted by atomic mass is 10.1. The number of methoxy groups -OCH3 is 3. The van der Waals surface area contributed by atoms with E-state index in [1.807, 2.05) is 60.4 Å². The first-order valence-electron chi connectivity index (χ1n) is 11.4. The number of aromatic nitrogens is 2. The van der Waals surface area contributed by atoms with Gasteiger partial charge in [0.15, 0.2) is 23.9 Å². The maximum absolute atomic E-state index is 12.6. The highest BCUT2D eigenvalue weighted by Gasteiger charge is 2.23. The largest absolute Gasteiger partial charge is 0.493 e. The number of amides is 1. The highest BCUT2D eigenvalue weighted by atomic mass is 16.5. The number of hydrogen-bond donors (Lipinski definition) is 0. The van der Waals surface area contributed by atoms with E-state index in [4.69, 9.17) is 18.9 Å². The summed E-state index contributed by atoms with van der Waals surface area (Å²) in [6, 6.07) is 15.2. The van der Waals surface area contributed by atoms with E-state index in [9.17, 15) is 4.79 Å². The van der Waals surface area contributed by atoms with Crippen molar-refractivity contribution in [3.63, 3.8) is 0 Å². The average molecular weight is 479 g/mol. The van der Waals surface area contributed by atoms with Crippen LogP contribution >= 0.6 is 0 Å². The molecule has 0 aliphatic carbocycles. The number of carbonyl (C=O) groups excluding carboxylic acids is 1. The molecule has 0 saturated carbocycles. The number of nitrogens with zero attached hydrogens (tertiary/aromatic N) is 4. The van der Waals surface area contributed by atoms with Crippen molar-refractivity contribution in [2.75, 3.05) is 59.0 Å². The first-order valence-corrected chi connectivity index (χ1v) is 11.4. The Morgan fingerprint density at radius 2 is 1.60 bits per heavy atom. The van der Waals surface area contributed by atoms with E-state index in [2.05, 4.69) is 15.1 Å². The minimum Gasteiger partial charge on any atom is -0.493 e. The van der Waals surface area contributed by atoms with Crippen LogP contribution in [0.4, 0.5) is 5.82 Å². The van der Waals surface area contributed by atoms with Crippen molar-refractivity contribution in [3.8, 4) is 34.3 Å². The molecule has 0 N–H and O–H groups in total. The molecule has 2 aromatic carbocycles. The van der Waals surface area contributed by atoms with Crippen LogP contribution in [-0.2, 0) is 4.79 Å². The molecule has 0 spiro atoms. The summed E-state index contributed by atoms with van der Waals surface area (Å²) in [4.78, 5) is 16.5. The van der Waals surface area contributed by atoms with E-state index < -0.39 is 0 Å². The van der Waals surface area contributed by atoms with Crippen molar-refractivity contribution in [2.45, 2.75) is 6.92 Å². The summed E-state index contributed by atoms with van der Waals surface area (Å²) in [5, 5.41) is 8.83. The van der Waals surface area contributed by atoms with Gasteiger partial charge in [0.25, 0.3) is 5.91 Å². The standard InChI is InChI=1S/C26H30N4O5/c1-18-6-5-7-20(14-18)35-17-25(31)30-12-10-29(11-13-30)24-9-8-21(27-28-24)19-15-22(32-2)26(34-4)23(16-19)33-3/h5-9,14-16H,10-13,17H2,1-4H3. The third-order valence-electron chi connectivity index (χ3n) is 5.92. The van der Waals surface area contributed by atoms with Gasteiger partial charge in [-0.3, -0.25) is 4.79 Å². The van der Waals surface area contributed by atoms with Gasteiger partial charge in [-0.15, -0.1) is 10.2 Å². The third kappa shape index (κ3) is 5.56. The summed E-state index contributed by atoms with van der Waals surface area (Å²) in [5.41, 5.74) is 2.60. The molecule has 1 fully saturated rings. The van der Waals surface area contributed by atoms with Gasteiger partial charge in [0, 0.05) is 31.7 Å². The van der Waals surface area contributed by atoms with Gasteiger partial charge in [0.2, 0.25) is 5.75 Å². The van der Waals surface area contributed by atoms with Crippen LogP contribution in [0.15, 0.2) is 48.5 Å². The normalized spacial score (nSPS) is 13.4. The molecular formula is C26H30N4O5. The Kier molecular flexibility index (Phi) is 7.54. The van der Waals surface area contributed by atoms with Gasteiger partial charge in [-0.05, 0) is 48.9 Å². The first kappa shape index (κ1) is 24.1. The number of ether oxygens (including phenoxy) is 4. The summed E-state index contributed by atoms with van der Waals surface area (Å²) >= 11 is 0.